The van der Waals surface area contributed by atoms with Crippen LogP contribution in [0.2, 0.25) is 0 Å². The minimum Gasteiger partial charge on any atom is -0.355 e. The molecule has 0 heterocycles. The number of likely N-dealkylation sites (N-methyl/N-ethyl adjacent to an activating group) is 2. The fraction of sp³-hybridized carbons (Fsp3) is 0.333. The molecule has 4 nitrogen and oxygen atoms in total. The molecule has 0 saturated carbocycles. The van der Waals surface area contributed by atoms with Crippen molar-refractivity contribution in [3.05, 3.63) is 33.4 Å². The first-order chi connectivity index (χ1) is 8.04. The second-order valence-electron chi connectivity index (χ2n) is 3.63. The SMILES string of the molecule is CCNC(=O)CN(C)C(=O)c1cccc(I)c1. The average Bonchev–Trinajstić information content (AvgIpc) is 2.28. The number of amides is 2. The number of halogens is 1. The zero-order valence-corrected chi connectivity index (χ0v) is 12.0. The van der Waals surface area contributed by atoms with Crippen LogP contribution in [0.15, 0.2) is 24.3 Å². The summed E-state index contributed by atoms with van der Waals surface area (Å²) >= 11 is 2.15. The molecule has 0 radical (unpaired) electrons. The summed E-state index contributed by atoms with van der Waals surface area (Å²) in [4.78, 5) is 24.7. The van der Waals surface area contributed by atoms with Crippen LogP contribution in [0.3, 0.4) is 0 Å². The van der Waals surface area contributed by atoms with Crippen molar-refractivity contribution < 1.29 is 9.59 Å². The van der Waals surface area contributed by atoms with Crippen LogP contribution in [0.4, 0.5) is 0 Å². The molecule has 0 aromatic heterocycles. The normalized spacial score (nSPS) is 9.82. The fourth-order valence-electron chi connectivity index (χ4n) is 1.38. The van der Waals surface area contributed by atoms with Gasteiger partial charge in [-0.15, -0.1) is 0 Å². The van der Waals surface area contributed by atoms with Crippen molar-refractivity contribution in [2.24, 2.45) is 0 Å². The molecule has 5 heteroatoms. The van der Waals surface area contributed by atoms with E-state index in [0.29, 0.717) is 12.1 Å². The minimum absolute atomic E-state index is 0.0815. The third-order valence-electron chi connectivity index (χ3n) is 2.17. The van der Waals surface area contributed by atoms with E-state index in [1.54, 1.807) is 19.2 Å². The minimum atomic E-state index is -0.144. The van der Waals surface area contributed by atoms with E-state index in [1.807, 2.05) is 19.1 Å². The third-order valence-corrected chi connectivity index (χ3v) is 2.84. The van der Waals surface area contributed by atoms with E-state index in [9.17, 15) is 9.59 Å². The first-order valence-electron chi connectivity index (χ1n) is 5.32. The lowest BCUT2D eigenvalue weighted by atomic mass is 10.2. The Morgan fingerprint density at radius 2 is 2.12 bits per heavy atom. The van der Waals surface area contributed by atoms with Crippen molar-refractivity contribution in [3.63, 3.8) is 0 Å². The molecular formula is C12H15IN2O2. The summed E-state index contributed by atoms with van der Waals surface area (Å²) < 4.78 is 1.000. The molecule has 0 saturated heterocycles. The summed E-state index contributed by atoms with van der Waals surface area (Å²) in [6, 6.07) is 7.30. The lowest BCUT2D eigenvalue weighted by Crippen LogP contribution is -2.38. The van der Waals surface area contributed by atoms with Gasteiger partial charge in [0.05, 0.1) is 6.54 Å². The lowest BCUT2D eigenvalue weighted by Gasteiger charge is -2.16. The summed E-state index contributed by atoms with van der Waals surface area (Å²) in [6.45, 7) is 2.50. The highest BCUT2D eigenvalue weighted by Gasteiger charge is 2.14. The van der Waals surface area contributed by atoms with Gasteiger partial charge < -0.3 is 10.2 Å². The molecular weight excluding hydrogens is 331 g/mol. The molecule has 0 unspecified atom stereocenters. The lowest BCUT2D eigenvalue weighted by molar-refractivity contribution is -0.121. The quantitative estimate of drug-likeness (QED) is 0.840. The van der Waals surface area contributed by atoms with Crippen LogP contribution in [-0.4, -0.2) is 36.9 Å². The number of rotatable bonds is 4. The maximum absolute atomic E-state index is 12.0. The number of hydrogen-bond donors (Lipinski definition) is 1. The third kappa shape index (κ3) is 4.33. The van der Waals surface area contributed by atoms with E-state index >= 15 is 0 Å². The van der Waals surface area contributed by atoms with Gasteiger partial charge in [0.15, 0.2) is 0 Å². The van der Waals surface area contributed by atoms with E-state index < -0.39 is 0 Å². The molecule has 0 atom stereocenters. The molecule has 0 bridgehead atoms. The van der Waals surface area contributed by atoms with Gasteiger partial charge in [-0.3, -0.25) is 9.59 Å². The molecule has 1 rings (SSSR count). The molecule has 0 aliphatic rings. The maximum atomic E-state index is 12.0. The van der Waals surface area contributed by atoms with Crippen LogP contribution in [-0.2, 0) is 4.79 Å². The average molecular weight is 346 g/mol. The number of carbonyl (C=O) groups excluding carboxylic acids is 2. The van der Waals surface area contributed by atoms with Crippen molar-refractivity contribution in [1.29, 1.82) is 0 Å². The Bertz CT molecular complexity index is 421. The van der Waals surface area contributed by atoms with Crippen LogP contribution < -0.4 is 5.32 Å². The highest BCUT2D eigenvalue weighted by molar-refractivity contribution is 14.1. The van der Waals surface area contributed by atoms with Gasteiger partial charge in [0.25, 0.3) is 5.91 Å². The van der Waals surface area contributed by atoms with E-state index in [1.165, 1.54) is 4.90 Å². The highest BCUT2D eigenvalue weighted by atomic mass is 127. The van der Waals surface area contributed by atoms with E-state index in [2.05, 4.69) is 27.9 Å². The largest absolute Gasteiger partial charge is 0.355 e. The monoisotopic (exact) mass is 346 g/mol. The number of carbonyl (C=O) groups is 2. The second-order valence-corrected chi connectivity index (χ2v) is 4.87. The number of nitrogens with zero attached hydrogens (tertiary/aromatic N) is 1. The molecule has 1 N–H and O–H groups in total. The van der Waals surface area contributed by atoms with Gasteiger partial charge in [-0.1, -0.05) is 6.07 Å². The van der Waals surface area contributed by atoms with E-state index in [0.717, 1.165) is 3.57 Å². The molecule has 0 fully saturated rings. The first-order valence-corrected chi connectivity index (χ1v) is 6.40. The van der Waals surface area contributed by atoms with Gasteiger partial charge >= 0.3 is 0 Å². The second kappa shape index (κ2) is 6.58. The van der Waals surface area contributed by atoms with Crippen LogP contribution in [0, 0.1) is 3.57 Å². The van der Waals surface area contributed by atoms with Crippen molar-refractivity contribution >= 4 is 34.4 Å². The van der Waals surface area contributed by atoms with Crippen LogP contribution in [0.25, 0.3) is 0 Å². The number of hydrogen-bond acceptors (Lipinski definition) is 2. The Morgan fingerprint density at radius 1 is 1.41 bits per heavy atom. The Morgan fingerprint density at radius 3 is 2.71 bits per heavy atom. The highest BCUT2D eigenvalue weighted by Crippen LogP contribution is 2.09. The zero-order valence-electron chi connectivity index (χ0n) is 9.87. The maximum Gasteiger partial charge on any atom is 0.254 e. The summed E-state index contributed by atoms with van der Waals surface area (Å²) in [6.07, 6.45) is 0. The zero-order chi connectivity index (χ0) is 12.8. The van der Waals surface area contributed by atoms with Gasteiger partial charge in [0, 0.05) is 22.7 Å². The summed E-state index contributed by atoms with van der Waals surface area (Å²) in [5.74, 6) is -0.288. The summed E-state index contributed by atoms with van der Waals surface area (Å²) in [7, 11) is 1.62. The summed E-state index contributed by atoms with van der Waals surface area (Å²) in [5.41, 5.74) is 0.601. The van der Waals surface area contributed by atoms with Crippen molar-refractivity contribution in [1.82, 2.24) is 10.2 Å². The van der Waals surface area contributed by atoms with E-state index in [-0.39, 0.29) is 18.4 Å². The Hall–Kier alpha value is -1.11. The number of benzene rings is 1. The summed E-state index contributed by atoms with van der Waals surface area (Å²) in [5, 5.41) is 2.66. The Kier molecular flexibility index (Phi) is 5.40. The molecule has 1 aromatic carbocycles. The molecule has 1 aromatic rings. The molecule has 0 aliphatic carbocycles. The molecule has 0 aliphatic heterocycles. The van der Waals surface area contributed by atoms with Gasteiger partial charge in [-0.25, -0.2) is 0 Å². The molecule has 0 spiro atoms. The topological polar surface area (TPSA) is 49.4 Å². The Balaban J connectivity index is 2.67. The van der Waals surface area contributed by atoms with Gasteiger partial charge in [0.1, 0.15) is 0 Å². The standard InChI is InChI=1S/C12H15IN2O2/c1-3-14-11(16)8-15(2)12(17)9-5-4-6-10(13)7-9/h4-7H,3,8H2,1-2H3,(H,14,16). The smallest absolute Gasteiger partial charge is 0.254 e. The molecule has 92 valence electrons. The van der Waals surface area contributed by atoms with Gasteiger partial charge in [0.2, 0.25) is 5.91 Å². The van der Waals surface area contributed by atoms with E-state index in [4.69, 9.17) is 0 Å². The molecule has 2 amide bonds. The van der Waals surface area contributed by atoms with Crippen LogP contribution >= 0.6 is 22.6 Å². The molecule has 17 heavy (non-hydrogen) atoms. The van der Waals surface area contributed by atoms with Crippen molar-refractivity contribution in [2.75, 3.05) is 20.1 Å². The number of nitrogens with one attached hydrogen (secondary N) is 1. The fourth-order valence-corrected chi connectivity index (χ4v) is 1.93. The Labute approximate surface area is 115 Å². The van der Waals surface area contributed by atoms with Crippen molar-refractivity contribution in [2.45, 2.75) is 6.92 Å². The predicted molar refractivity (Wildman–Crippen MR) is 74.8 cm³/mol. The van der Waals surface area contributed by atoms with Gasteiger partial charge in [-0.05, 0) is 47.7 Å². The first kappa shape index (κ1) is 14.0. The van der Waals surface area contributed by atoms with Crippen LogP contribution in [0.1, 0.15) is 17.3 Å². The van der Waals surface area contributed by atoms with Gasteiger partial charge in [-0.2, -0.15) is 0 Å². The van der Waals surface area contributed by atoms with Crippen molar-refractivity contribution in [3.8, 4) is 0 Å². The van der Waals surface area contributed by atoms with Crippen LogP contribution in [0.5, 0.6) is 0 Å². The predicted octanol–water partition coefficient (Wildman–Crippen LogP) is 1.50.